The summed E-state index contributed by atoms with van der Waals surface area (Å²) in [5.41, 5.74) is 0.178. The lowest BCUT2D eigenvalue weighted by atomic mass is 9.68. The summed E-state index contributed by atoms with van der Waals surface area (Å²) in [5, 5.41) is 2.90. The van der Waals surface area contributed by atoms with E-state index in [-0.39, 0.29) is 17.4 Å². The fourth-order valence-electron chi connectivity index (χ4n) is 4.27. The number of likely N-dealkylation sites (tertiary alicyclic amines) is 1. The number of nitrogens with zero attached hydrogens (tertiary/aromatic N) is 1. The Morgan fingerprint density at radius 3 is 1.68 bits per heavy atom. The van der Waals surface area contributed by atoms with Gasteiger partial charge in [0, 0.05) is 25.0 Å². The number of piperidine rings is 1. The molecule has 0 atom stereocenters. The highest BCUT2D eigenvalue weighted by Crippen LogP contribution is 2.41. The fourth-order valence-corrected chi connectivity index (χ4v) is 4.27. The summed E-state index contributed by atoms with van der Waals surface area (Å²) in [4.78, 5) is 26.1. The summed E-state index contributed by atoms with van der Waals surface area (Å²) in [5.74, 6) is 0.847. The molecule has 0 aromatic heterocycles. The molecule has 1 rings (SSSR count). The molecule has 1 fully saturated rings. The molecule has 1 saturated heterocycles. The average molecular weight is 487 g/mol. The second-order valence-corrected chi connectivity index (χ2v) is 10.5. The zero-order chi connectivity index (χ0) is 25.5. The summed E-state index contributed by atoms with van der Waals surface area (Å²) in [6, 6.07) is 0. The average Bonchev–Trinajstić information content (AvgIpc) is 2.77. The van der Waals surface area contributed by atoms with E-state index in [2.05, 4.69) is 26.1 Å². The summed E-state index contributed by atoms with van der Waals surface area (Å²) in [6.45, 7) is 18.1. The summed E-state index contributed by atoms with van der Waals surface area (Å²) >= 11 is 0. The Morgan fingerprint density at radius 1 is 0.824 bits per heavy atom. The van der Waals surface area contributed by atoms with Gasteiger partial charge in [0.2, 0.25) is 11.8 Å². The SMILES string of the molecule is CCC1(C(C)C)CCN(C(=O)CCOCCOCCOCCOCCC(=O)NC(C)(C)C)CC1. The van der Waals surface area contributed by atoms with Crippen LogP contribution in [0.2, 0.25) is 0 Å². The third-order valence-corrected chi connectivity index (χ3v) is 6.60. The molecule has 8 nitrogen and oxygen atoms in total. The summed E-state index contributed by atoms with van der Waals surface area (Å²) in [7, 11) is 0. The molecule has 1 aliphatic heterocycles. The molecule has 8 heteroatoms. The first kappa shape index (κ1) is 30.8. The van der Waals surface area contributed by atoms with Crippen molar-refractivity contribution in [3.63, 3.8) is 0 Å². The van der Waals surface area contributed by atoms with Crippen LogP contribution in [0.15, 0.2) is 0 Å². The van der Waals surface area contributed by atoms with E-state index in [4.69, 9.17) is 18.9 Å². The fraction of sp³-hybridized carbons (Fsp3) is 0.923. The van der Waals surface area contributed by atoms with Crippen LogP contribution in [-0.4, -0.2) is 88.2 Å². The zero-order valence-corrected chi connectivity index (χ0v) is 22.6. The Kier molecular flexibility index (Phi) is 14.9. The Hall–Kier alpha value is -1.22. The third-order valence-electron chi connectivity index (χ3n) is 6.60. The smallest absolute Gasteiger partial charge is 0.224 e. The number of rotatable bonds is 17. The molecule has 1 heterocycles. The second kappa shape index (κ2) is 16.5. The van der Waals surface area contributed by atoms with Crippen molar-refractivity contribution in [1.82, 2.24) is 10.2 Å². The number of nitrogens with one attached hydrogen (secondary N) is 1. The number of amides is 2. The van der Waals surface area contributed by atoms with Gasteiger partial charge in [-0.25, -0.2) is 0 Å². The maximum absolute atomic E-state index is 12.4. The van der Waals surface area contributed by atoms with Crippen molar-refractivity contribution in [3.05, 3.63) is 0 Å². The Morgan fingerprint density at radius 2 is 1.26 bits per heavy atom. The quantitative estimate of drug-likeness (QED) is 0.317. The molecule has 0 unspecified atom stereocenters. The van der Waals surface area contributed by atoms with Gasteiger partial charge in [0.05, 0.1) is 59.3 Å². The van der Waals surface area contributed by atoms with Gasteiger partial charge in [-0.15, -0.1) is 0 Å². The van der Waals surface area contributed by atoms with Gasteiger partial charge < -0.3 is 29.2 Å². The number of hydrogen-bond donors (Lipinski definition) is 1. The van der Waals surface area contributed by atoms with Crippen molar-refractivity contribution < 1.29 is 28.5 Å². The first-order valence-corrected chi connectivity index (χ1v) is 13.0. The van der Waals surface area contributed by atoms with Crippen LogP contribution in [0.3, 0.4) is 0 Å². The van der Waals surface area contributed by atoms with Gasteiger partial charge in [-0.2, -0.15) is 0 Å². The van der Waals surface area contributed by atoms with Crippen molar-refractivity contribution in [3.8, 4) is 0 Å². The lowest BCUT2D eigenvalue weighted by Gasteiger charge is -2.44. The Labute approximate surface area is 207 Å². The largest absolute Gasteiger partial charge is 0.379 e. The van der Waals surface area contributed by atoms with Crippen molar-refractivity contribution in [2.45, 2.75) is 79.2 Å². The molecular formula is C26H50N2O6. The van der Waals surface area contributed by atoms with E-state index in [1.807, 2.05) is 25.7 Å². The highest BCUT2D eigenvalue weighted by Gasteiger charge is 2.36. The third kappa shape index (κ3) is 13.0. The maximum atomic E-state index is 12.4. The van der Waals surface area contributed by atoms with E-state index in [0.717, 1.165) is 25.9 Å². The Balaban J connectivity index is 1.89. The number of carbonyl (C=O) groups excluding carboxylic acids is 2. The van der Waals surface area contributed by atoms with Gasteiger partial charge in [0.15, 0.2) is 0 Å². The molecule has 0 bridgehead atoms. The van der Waals surface area contributed by atoms with Crippen LogP contribution in [0, 0.1) is 11.3 Å². The van der Waals surface area contributed by atoms with Gasteiger partial charge in [-0.3, -0.25) is 9.59 Å². The van der Waals surface area contributed by atoms with Gasteiger partial charge in [-0.05, 0) is 44.9 Å². The second-order valence-electron chi connectivity index (χ2n) is 10.5. The van der Waals surface area contributed by atoms with Crippen LogP contribution in [0.1, 0.15) is 73.6 Å². The molecule has 0 aliphatic carbocycles. The van der Waals surface area contributed by atoms with Crippen LogP contribution in [0.4, 0.5) is 0 Å². The van der Waals surface area contributed by atoms with Gasteiger partial charge in [-0.1, -0.05) is 27.2 Å². The lowest BCUT2D eigenvalue weighted by Crippen LogP contribution is -2.45. The van der Waals surface area contributed by atoms with E-state index in [1.165, 1.54) is 6.42 Å². The van der Waals surface area contributed by atoms with Crippen LogP contribution in [-0.2, 0) is 28.5 Å². The first-order chi connectivity index (χ1) is 16.1. The highest BCUT2D eigenvalue weighted by molar-refractivity contribution is 5.76. The molecule has 1 N–H and O–H groups in total. The van der Waals surface area contributed by atoms with Crippen LogP contribution in [0.5, 0.6) is 0 Å². The highest BCUT2D eigenvalue weighted by atomic mass is 16.6. The topological polar surface area (TPSA) is 86.3 Å². The van der Waals surface area contributed by atoms with E-state index < -0.39 is 0 Å². The van der Waals surface area contributed by atoms with E-state index >= 15 is 0 Å². The monoisotopic (exact) mass is 486 g/mol. The van der Waals surface area contributed by atoms with Crippen molar-refractivity contribution >= 4 is 11.8 Å². The minimum absolute atomic E-state index is 0.00966. The van der Waals surface area contributed by atoms with Crippen molar-refractivity contribution in [1.29, 1.82) is 0 Å². The molecule has 0 saturated carbocycles. The molecule has 200 valence electrons. The van der Waals surface area contributed by atoms with Gasteiger partial charge >= 0.3 is 0 Å². The van der Waals surface area contributed by atoms with Crippen LogP contribution in [0.25, 0.3) is 0 Å². The molecule has 1 aliphatic rings. The molecule has 0 aromatic rings. The molecule has 0 spiro atoms. The number of ether oxygens (including phenoxy) is 4. The molecule has 0 radical (unpaired) electrons. The predicted octanol–water partition coefficient (Wildman–Crippen LogP) is 3.42. The van der Waals surface area contributed by atoms with E-state index in [1.54, 1.807) is 0 Å². The van der Waals surface area contributed by atoms with E-state index in [0.29, 0.717) is 77.0 Å². The molecular weight excluding hydrogens is 436 g/mol. The Bertz CT molecular complexity index is 568. The zero-order valence-electron chi connectivity index (χ0n) is 22.6. The van der Waals surface area contributed by atoms with Crippen molar-refractivity contribution in [2.75, 3.05) is 65.9 Å². The summed E-state index contributed by atoms with van der Waals surface area (Å²) in [6.07, 6.45) is 4.17. The minimum atomic E-state index is -0.217. The van der Waals surface area contributed by atoms with Gasteiger partial charge in [0.1, 0.15) is 0 Å². The predicted molar refractivity (Wildman–Crippen MR) is 134 cm³/mol. The van der Waals surface area contributed by atoms with E-state index in [9.17, 15) is 9.59 Å². The van der Waals surface area contributed by atoms with Crippen molar-refractivity contribution in [2.24, 2.45) is 11.3 Å². The maximum Gasteiger partial charge on any atom is 0.224 e. The normalized spacial score (nSPS) is 16.1. The lowest BCUT2D eigenvalue weighted by molar-refractivity contribution is -0.135. The minimum Gasteiger partial charge on any atom is -0.379 e. The van der Waals surface area contributed by atoms with Gasteiger partial charge in [0.25, 0.3) is 0 Å². The molecule has 34 heavy (non-hydrogen) atoms. The number of carbonyl (C=O) groups is 2. The summed E-state index contributed by atoms with van der Waals surface area (Å²) < 4.78 is 21.9. The van der Waals surface area contributed by atoms with Crippen LogP contribution >= 0.6 is 0 Å². The molecule has 2 amide bonds. The first-order valence-electron chi connectivity index (χ1n) is 13.0. The molecule has 0 aromatic carbocycles. The van der Waals surface area contributed by atoms with Crippen LogP contribution < -0.4 is 5.32 Å². The standard InChI is InChI=1S/C26H50N2O6/c1-7-26(22(2)3)10-12-28(13-11-26)24(30)9-15-32-17-19-34-21-20-33-18-16-31-14-8-23(29)27-25(4,5)6/h22H,7-21H2,1-6H3,(H,27,29). The number of hydrogen-bond acceptors (Lipinski definition) is 6.